The molecule has 10 nitrogen and oxygen atoms in total. The van der Waals surface area contributed by atoms with Gasteiger partial charge in [-0.05, 0) is 85.8 Å². The molecule has 5 aromatic rings. The molecule has 4 aromatic carbocycles. The fraction of sp³-hybridized carbons (Fsp3) is 0.300. The molecule has 6 N–H and O–H groups in total. The van der Waals surface area contributed by atoms with Crippen LogP contribution in [-0.2, 0) is 11.2 Å². The van der Waals surface area contributed by atoms with E-state index in [1.54, 1.807) is 12.1 Å². The van der Waals surface area contributed by atoms with Crippen LogP contribution in [0.4, 0.5) is 16.2 Å². The van der Waals surface area contributed by atoms with Crippen LogP contribution in [0, 0.1) is 0 Å². The number of carbonyl (C=O) groups is 1. The van der Waals surface area contributed by atoms with Gasteiger partial charge in [-0.2, -0.15) is 0 Å². The number of phenolic OH excluding ortho intramolecular Hbond substituents is 1. The number of carbonyl (C=O) groups excluding carboxylic acids is 1. The fourth-order valence-corrected chi connectivity index (χ4v) is 6.46. The Labute approximate surface area is 292 Å². The van der Waals surface area contributed by atoms with Gasteiger partial charge in [-0.25, -0.2) is 4.79 Å². The van der Waals surface area contributed by atoms with Gasteiger partial charge in [0.15, 0.2) is 0 Å². The number of aliphatic hydroxyl groups excluding tert-OH is 1. The highest BCUT2D eigenvalue weighted by Gasteiger charge is 2.22. The molecule has 0 spiro atoms. The molecule has 1 aromatic heterocycles. The number of para-hydroxylation sites is 1. The van der Waals surface area contributed by atoms with Crippen molar-refractivity contribution in [2.75, 3.05) is 49.9 Å². The normalized spacial score (nSPS) is 14.3. The molecule has 0 radical (unpaired) electrons. The van der Waals surface area contributed by atoms with Crippen LogP contribution in [0.25, 0.3) is 22.0 Å². The van der Waals surface area contributed by atoms with E-state index in [1.165, 1.54) is 17.7 Å². The summed E-state index contributed by atoms with van der Waals surface area (Å²) in [4.78, 5) is 29.4. The van der Waals surface area contributed by atoms with E-state index in [0.717, 1.165) is 74.4 Å². The molecule has 260 valence electrons. The van der Waals surface area contributed by atoms with Crippen LogP contribution in [0.15, 0.2) is 108 Å². The molecule has 1 aliphatic heterocycles. The minimum Gasteiger partial charge on any atom is -0.506 e. The summed E-state index contributed by atoms with van der Waals surface area (Å²) in [6.45, 7) is 4.73. The number of anilines is 2. The Kier molecular flexibility index (Phi) is 11.8. The molecule has 0 bridgehead atoms. The second kappa shape index (κ2) is 17.0. The summed E-state index contributed by atoms with van der Waals surface area (Å²) in [6.07, 6.45) is 2.22. The van der Waals surface area contributed by atoms with Gasteiger partial charge in [0.2, 0.25) is 5.56 Å². The van der Waals surface area contributed by atoms with Crippen molar-refractivity contribution in [1.82, 2.24) is 15.2 Å². The third kappa shape index (κ3) is 9.29. The number of rotatable bonds is 14. The number of aliphatic hydroxyl groups is 1. The number of likely N-dealkylation sites (tertiary alicyclic amines) is 1. The zero-order valence-electron chi connectivity index (χ0n) is 28.1. The highest BCUT2D eigenvalue weighted by atomic mass is 16.6. The van der Waals surface area contributed by atoms with Gasteiger partial charge in [-0.1, -0.05) is 66.7 Å². The molecular weight excluding hydrogens is 630 g/mol. The smallest absolute Gasteiger partial charge is 0.411 e. The number of H-pyrrole nitrogens is 1. The molecule has 2 heterocycles. The molecule has 1 atom stereocenters. The maximum absolute atomic E-state index is 12.7. The number of hydrogen-bond acceptors (Lipinski definition) is 8. The number of nitrogens with one attached hydrogen (secondary N) is 4. The van der Waals surface area contributed by atoms with Crippen molar-refractivity contribution >= 4 is 28.4 Å². The van der Waals surface area contributed by atoms with Crippen molar-refractivity contribution < 1.29 is 19.7 Å². The molecule has 0 saturated carbocycles. The number of piperidine rings is 1. The predicted octanol–water partition coefficient (Wildman–Crippen LogP) is 6.28. The molecule has 1 aliphatic rings. The molecule has 1 fully saturated rings. The first-order valence-corrected chi connectivity index (χ1v) is 17.3. The zero-order valence-corrected chi connectivity index (χ0v) is 28.1. The minimum atomic E-state index is -0.782. The van der Waals surface area contributed by atoms with E-state index < -0.39 is 12.2 Å². The van der Waals surface area contributed by atoms with Crippen LogP contribution in [0.3, 0.4) is 0 Å². The van der Waals surface area contributed by atoms with Gasteiger partial charge in [0.05, 0.1) is 17.3 Å². The van der Waals surface area contributed by atoms with E-state index in [1.807, 2.05) is 54.6 Å². The highest BCUT2D eigenvalue weighted by Crippen LogP contribution is 2.29. The second-order valence-electron chi connectivity index (χ2n) is 12.7. The van der Waals surface area contributed by atoms with Crippen LogP contribution >= 0.6 is 0 Å². The van der Waals surface area contributed by atoms with Crippen molar-refractivity contribution in [3.05, 3.63) is 125 Å². The summed E-state index contributed by atoms with van der Waals surface area (Å²) >= 11 is 0. The summed E-state index contributed by atoms with van der Waals surface area (Å²) < 4.78 is 5.79. The van der Waals surface area contributed by atoms with E-state index in [2.05, 4.69) is 50.1 Å². The maximum atomic E-state index is 12.7. The predicted molar refractivity (Wildman–Crippen MR) is 199 cm³/mol. The van der Waals surface area contributed by atoms with Crippen LogP contribution in [-0.4, -0.2) is 71.6 Å². The number of hydrogen-bond donors (Lipinski definition) is 6. The van der Waals surface area contributed by atoms with Gasteiger partial charge in [0.25, 0.3) is 0 Å². The Morgan fingerprint density at radius 3 is 2.46 bits per heavy atom. The molecule has 10 heteroatoms. The zero-order chi connectivity index (χ0) is 34.7. The Morgan fingerprint density at radius 1 is 0.900 bits per heavy atom. The lowest BCUT2D eigenvalue weighted by Crippen LogP contribution is -2.39. The molecule has 0 aliphatic carbocycles. The number of aromatic nitrogens is 1. The van der Waals surface area contributed by atoms with Crippen LogP contribution in [0.5, 0.6) is 5.75 Å². The largest absolute Gasteiger partial charge is 0.506 e. The quantitative estimate of drug-likeness (QED) is 0.0757. The number of nitrogens with zero attached hydrogens (tertiary/aromatic N) is 1. The van der Waals surface area contributed by atoms with E-state index in [4.69, 9.17) is 4.74 Å². The minimum absolute atomic E-state index is 0.0212. The lowest BCUT2D eigenvalue weighted by molar-refractivity contribution is 0.0589. The molecule has 50 heavy (non-hydrogen) atoms. The maximum Gasteiger partial charge on any atom is 0.411 e. The summed E-state index contributed by atoms with van der Waals surface area (Å²) in [5, 5.41) is 31.2. The number of amides is 1. The number of aromatic hydroxyl groups is 1. The van der Waals surface area contributed by atoms with Crippen molar-refractivity contribution in [2.24, 2.45) is 0 Å². The molecule has 6 rings (SSSR count). The van der Waals surface area contributed by atoms with Gasteiger partial charge in [0, 0.05) is 48.9 Å². The van der Waals surface area contributed by atoms with E-state index in [9.17, 15) is 19.8 Å². The first-order chi connectivity index (χ1) is 24.4. The van der Waals surface area contributed by atoms with E-state index in [0.29, 0.717) is 29.6 Å². The molecule has 1 unspecified atom stereocenters. The summed E-state index contributed by atoms with van der Waals surface area (Å²) in [7, 11) is 0. The van der Waals surface area contributed by atoms with Crippen LogP contribution in [0.1, 0.15) is 36.5 Å². The summed E-state index contributed by atoms with van der Waals surface area (Å²) in [5.74, 6) is -0.0212. The van der Waals surface area contributed by atoms with E-state index >= 15 is 0 Å². The Balaban J connectivity index is 0.846. The number of phenols is 1. The van der Waals surface area contributed by atoms with Gasteiger partial charge < -0.3 is 35.5 Å². The number of aromatic amines is 1. The van der Waals surface area contributed by atoms with E-state index in [-0.39, 0.29) is 17.4 Å². The van der Waals surface area contributed by atoms with Crippen molar-refractivity contribution in [1.29, 1.82) is 0 Å². The fourth-order valence-electron chi connectivity index (χ4n) is 6.46. The lowest BCUT2D eigenvalue weighted by Gasteiger charge is -2.31. The Hall–Kier alpha value is -5.16. The topological polar surface area (TPSA) is 139 Å². The van der Waals surface area contributed by atoms with Gasteiger partial charge >= 0.3 is 6.09 Å². The number of benzene rings is 4. The Bertz CT molecular complexity index is 1910. The lowest BCUT2D eigenvalue weighted by atomic mass is 10.0. The highest BCUT2D eigenvalue weighted by molar-refractivity contribution is 5.91. The van der Waals surface area contributed by atoms with Crippen LogP contribution in [0.2, 0.25) is 0 Å². The van der Waals surface area contributed by atoms with Gasteiger partial charge in [-0.15, -0.1) is 0 Å². The third-order valence-corrected chi connectivity index (χ3v) is 9.19. The van der Waals surface area contributed by atoms with Crippen molar-refractivity contribution in [3.8, 4) is 16.9 Å². The third-order valence-electron chi connectivity index (χ3n) is 9.19. The summed E-state index contributed by atoms with van der Waals surface area (Å²) in [5.41, 5.74) is 5.72. The van der Waals surface area contributed by atoms with Crippen molar-refractivity contribution in [3.63, 3.8) is 0 Å². The summed E-state index contributed by atoms with van der Waals surface area (Å²) in [6, 6.07) is 32.4. The monoisotopic (exact) mass is 675 g/mol. The molecule has 1 amide bonds. The Morgan fingerprint density at radius 2 is 1.66 bits per heavy atom. The average Bonchev–Trinajstić information content (AvgIpc) is 3.14. The van der Waals surface area contributed by atoms with Gasteiger partial charge in [0.1, 0.15) is 11.9 Å². The number of pyridine rings is 1. The van der Waals surface area contributed by atoms with Gasteiger partial charge in [-0.3, -0.25) is 10.1 Å². The first kappa shape index (κ1) is 34.7. The van der Waals surface area contributed by atoms with Crippen molar-refractivity contribution in [2.45, 2.75) is 37.9 Å². The number of ether oxygens (including phenoxy) is 1. The standard InChI is InChI=1S/C40H45N5O5/c46-36-17-15-33(34-16-18-38(48)44-39(34)36)37(47)27-41-23-19-28-11-13-30(14-12-28)42-22-6-24-45-25-20-31(21-26-45)50-40(49)43-35-10-5-4-9-32(35)29-7-2-1-3-8-29/h1-5,7-18,31,37,41-42,46-47H,6,19-27H2,(H,43,49)(H,44,48). The molecular formula is C40H45N5O5. The average molecular weight is 676 g/mol. The number of fused-ring (bicyclic) bond motifs is 1. The second-order valence-corrected chi connectivity index (χ2v) is 12.7. The first-order valence-electron chi connectivity index (χ1n) is 17.3. The van der Waals surface area contributed by atoms with Crippen LogP contribution < -0.4 is 21.5 Å². The molecule has 1 saturated heterocycles. The SMILES string of the molecule is O=C(Nc1ccccc1-c1ccccc1)OC1CCN(CCCNc2ccc(CCNCC(O)c3ccc(O)c4[nH]c(=O)ccc34)cc2)CC1.